The van der Waals surface area contributed by atoms with Gasteiger partial charge < -0.3 is 4.74 Å². The molecule has 0 amide bonds. The van der Waals surface area contributed by atoms with E-state index in [0.29, 0.717) is 0 Å². The van der Waals surface area contributed by atoms with Crippen molar-refractivity contribution in [2.45, 2.75) is 17.7 Å². The Kier molecular flexibility index (Phi) is 4.47. The number of benzene rings is 1. The standard InChI is InChI=1S/C13H11ClO4S2/c1-9(15)18-8-10-2-4-11(5-3-10)12-6-7-13(19-12)20(14,16)17/h2-7H,8H2,1H3. The molecule has 2 rings (SSSR count). The van der Waals surface area contributed by atoms with Gasteiger partial charge in [-0.1, -0.05) is 24.3 Å². The molecule has 0 atom stereocenters. The number of thiophene rings is 1. The topological polar surface area (TPSA) is 60.4 Å². The second kappa shape index (κ2) is 5.95. The Bertz CT molecular complexity index is 717. The Morgan fingerprint density at radius 2 is 1.85 bits per heavy atom. The maximum absolute atomic E-state index is 11.2. The van der Waals surface area contributed by atoms with Gasteiger partial charge in [-0.3, -0.25) is 4.79 Å². The summed E-state index contributed by atoms with van der Waals surface area (Å²) < 4.78 is 27.4. The van der Waals surface area contributed by atoms with Crippen molar-refractivity contribution >= 4 is 37.0 Å². The highest BCUT2D eigenvalue weighted by atomic mass is 35.7. The first kappa shape index (κ1) is 15.0. The van der Waals surface area contributed by atoms with Crippen LogP contribution < -0.4 is 0 Å². The highest BCUT2D eigenvalue weighted by Gasteiger charge is 2.13. The van der Waals surface area contributed by atoms with Crippen molar-refractivity contribution in [1.82, 2.24) is 0 Å². The van der Waals surface area contributed by atoms with Gasteiger partial charge in [0.15, 0.2) is 0 Å². The van der Waals surface area contributed by atoms with Gasteiger partial charge in [0, 0.05) is 22.5 Å². The number of ether oxygens (including phenoxy) is 1. The number of hydrogen-bond donors (Lipinski definition) is 0. The number of carbonyl (C=O) groups is 1. The Morgan fingerprint density at radius 1 is 1.20 bits per heavy atom. The highest BCUT2D eigenvalue weighted by molar-refractivity contribution is 8.15. The minimum Gasteiger partial charge on any atom is -0.461 e. The van der Waals surface area contributed by atoms with E-state index in [1.165, 1.54) is 13.0 Å². The molecule has 0 fully saturated rings. The van der Waals surface area contributed by atoms with E-state index in [9.17, 15) is 13.2 Å². The molecular weight excluding hydrogens is 320 g/mol. The minimum atomic E-state index is -3.68. The first-order valence-corrected chi connectivity index (χ1v) is 8.76. The number of carbonyl (C=O) groups excluding carboxylic acids is 1. The summed E-state index contributed by atoms with van der Waals surface area (Å²) in [7, 11) is 1.61. The molecule has 0 spiro atoms. The fraction of sp³-hybridized carbons (Fsp3) is 0.154. The Labute approximate surface area is 125 Å². The fourth-order valence-corrected chi connectivity index (χ4v) is 3.64. The van der Waals surface area contributed by atoms with Crippen molar-refractivity contribution in [2.75, 3.05) is 0 Å². The van der Waals surface area contributed by atoms with Gasteiger partial charge in [-0.2, -0.15) is 0 Å². The lowest BCUT2D eigenvalue weighted by Gasteiger charge is -2.03. The van der Waals surface area contributed by atoms with Crippen LogP contribution in [0.15, 0.2) is 40.6 Å². The minimum absolute atomic E-state index is 0.123. The molecule has 4 nitrogen and oxygen atoms in total. The fourth-order valence-electron chi connectivity index (χ4n) is 1.56. The van der Waals surface area contributed by atoms with Gasteiger partial charge in [0.1, 0.15) is 10.8 Å². The maximum atomic E-state index is 11.2. The van der Waals surface area contributed by atoms with Crippen LogP contribution in [0.25, 0.3) is 10.4 Å². The second-order valence-electron chi connectivity index (χ2n) is 4.03. The van der Waals surface area contributed by atoms with Crippen LogP contribution >= 0.6 is 22.0 Å². The molecule has 2 aromatic rings. The first-order valence-electron chi connectivity index (χ1n) is 5.63. The van der Waals surface area contributed by atoms with E-state index in [-0.39, 0.29) is 16.8 Å². The van der Waals surface area contributed by atoms with E-state index in [2.05, 4.69) is 0 Å². The van der Waals surface area contributed by atoms with Crippen molar-refractivity contribution in [3.05, 3.63) is 42.0 Å². The molecule has 20 heavy (non-hydrogen) atoms. The molecule has 0 aliphatic rings. The average molecular weight is 331 g/mol. The van der Waals surface area contributed by atoms with Gasteiger partial charge in [0.05, 0.1) is 0 Å². The summed E-state index contributed by atoms with van der Waals surface area (Å²) in [5.74, 6) is -0.329. The van der Waals surface area contributed by atoms with Gasteiger partial charge in [-0.25, -0.2) is 8.42 Å². The summed E-state index contributed by atoms with van der Waals surface area (Å²) in [6.45, 7) is 1.58. The Morgan fingerprint density at radius 3 is 2.35 bits per heavy atom. The first-order chi connectivity index (χ1) is 9.36. The summed E-state index contributed by atoms with van der Waals surface area (Å²) >= 11 is 1.11. The third-order valence-electron chi connectivity index (χ3n) is 2.50. The van der Waals surface area contributed by atoms with Crippen LogP contribution in [0.4, 0.5) is 0 Å². The Balaban J connectivity index is 2.18. The van der Waals surface area contributed by atoms with Crippen LogP contribution in [-0.2, 0) is 25.2 Å². The van der Waals surface area contributed by atoms with Gasteiger partial charge in [-0.05, 0) is 23.3 Å². The predicted octanol–water partition coefficient (Wildman–Crippen LogP) is 3.41. The van der Waals surface area contributed by atoms with E-state index in [0.717, 1.165) is 27.3 Å². The third kappa shape index (κ3) is 3.82. The SMILES string of the molecule is CC(=O)OCc1ccc(-c2ccc(S(=O)(=O)Cl)s2)cc1. The van der Waals surface area contributed by atoms with Crippen LogP contribution in [0.5, 0.6) is 0 Å². The zero-order valence-corrected chi connectivity index (χ0v) is 12.9. The van der Waals surface area contributed by atoms with Gasteiger partial charge in [0.25, 0.3) is 9.05 Å². The van der Waals surface area contributed by atoms with E-state index >= 15 is 0 Å². The second-order valence-corrected chi connectivity index (χ2v) is 7.91. The zero-order chi connectivity index (χ0) is 14.8. The summed E-state index contributed by atoms with van der Waals surface area (Å²) in [4.78, 5) is 11.5. The zero-order valence-electron chi connectivity index (χ0n) is 10.5. The maximum Gasteiger partial charge on any atom is 0.302 e. The molecule has 106 valence electrons. The third-order valence-corrected chi connectivity index (χ3v) is 5.73. The molecule has 0 radical (unpaired) electrons. The van der Waals surface area contributed by atoms with E-state index in [4.69, 9.17) is 15.4 Å². The summed E-state index contributed by atoms with van der Waals surface area (Å²) in [5.41, 5.74) is 1.75. The van der Waals surface area contributed by atoms with Crippen LogP contribution in [0.3, 0.4) is 0 Å². The van der Waals surface area contributed by atoms with Crippen molar-refractivity contribution < 1.29 is 17.9 Å². The molecule has 0 N–H and O–H groups in total. The van der Waals surface area contributed by atoms with Crippen molar-refractivity contribution in [3.8, 4) is 10.4 Å². The van der Waals surface area contributed by atoms with Crippen molar-refractivity contribution in [2.24, 2.45) is 0 Å². The summed E-state index contributed by atoms with van der Waals surface area (Å²) in [5, 5.41) is 0. The number of rotatable bonds is 4. The molecule has 7 heteroatoms. The normalized spacial score (nSPS) is 11.3. The van der Waals surface area contributed by atoms with E-state index < -0.39 is 9.05 Å². The summed E-state index contributed by atoms with van der Waals surface area (Å²) in [6.07, 6.45) is 0. The molecular formula is C13H11ClO4S2. The van der Waals surface area contributed by atoms with E-state index in [1.54, 1.807) is 6.07 Å². The van der Waals surface area contributed by atoms with Crippen molar-refractivity contribution in [3.63, 3.8) is 0 Å². The lowest BCUT2D eigenvalue weighted by atomic mass is 10.1. The molecule has 1 aromatic heterocycles. The lowest BCUT2D eigenvalue weighted by Crippen LogP contribution is -1.98. The smallest absolute Gasteiger partial charge is 0.302 e. The van der Waals surface area contributed by atoms with Gasteiger partial charge in [0.2, 0.25) is 0 Å². The molecule has 1 heterocycles. The lowest BCUT2D eigenvalue weighted by molar-refractivity contribution is -0.142. The van der Waals surface area contributed by atoms with Crippen LogP contribution in [0.1, 0.15) is 12.5 Å². The quantitative estimate of drug-likeness (QED) is 0.636. The van der Waals surface area contributed by atoms with Crippen LogP contribution in [-0.4, -0.2) is 14.4 Å². The van der Waals surface area contributed by atoms with E-state index in [1.807, 2.05) is 24.3 Å². The van der Waals surface area contributed by atoms with Gasteiger partial charge >= 0.3 is 5.97 Å². The molecule has 1 aromatic carbocycles. The number of esters is 1. The molecule has 0 saturated heterocycles. The monoisotopic (exact) mass is 330 g/mol. The predicted molar refractivity (Wildman–Crippen MR) is 78.3 cm³/mol. The highest BCUT2D eigenvalue weighted by Crippen LogP contribution is 2.32. The molecule has 0 unspecified atom stereocenters. The Hall–Kier alpha value is -1.37. The molecule has 0 aliphatic heterocycles. The van der Waals surface area contributed by atoms with Gasteiger partial charge in [-0.15, -0.1) is 11.3 Å². The average Bonchev–Trinajstić information content (AvgIpc) is 2.86. The van der Waals surface area contributed by atoms with Crippen LogP contribution in [0, 0.1) is 0 Å². The van der Waals surface area contributed by atoms with Crippen LogP contribution in [0.2, 0.25) is 0 Å². The molecule has 0 aliphatic carbocycles. The summed E-state index contributed by atoms with van der Waals surface area (Å²) in [6, 6.07) is 10.5. The number of halogens is 1. The molecule has 0 bridgehead atoms. The number of hydrogen-bond acceptors (Lipinski definition) is 5. The van der Waals surface area contributed by atoms with Crippen molar-refractivity contribution in [1.29, 1.82) is 0 Å². The largest absolute Gasteiger partial charge is 0.461 e. The molecule has 0 saturated carbocycles.